The Kier molecular flexibility index (Phi) is 6.11. The molecule has 0 fully saturated rings. The van der Waals surface area contributed by atoms with Crippen LogP contribution in [0.15, 0.2) is 60.8 Å². The number of carbonyl (C=O) groups is 1. The minimum atomic E-state index is -0.0129. The van der Waals surface area contributed by atoms with E-state index >= 15 is 0 Å². The van der Waals surface area contributed by atoms with Crippen LogP contribution < -0.4 is 10.5 Å². The molecule has 0 spiro atoms. The first kappa shape index (κ1) is 19.6. The zero-order chi connectivity index (χ0) is 20.1. The van der Waals surface area contributed by atoms with E-state index in [-0.39, 0.29) is 18.4 Å². The molecule has 6 heteroatoms. The predicted octanol–water partition coefficient (Wildman–Crippen LogP) is 2.90. The standard InChI is InChI=1S/C22H26N4O2/c1-16(14-23)25(2)21(27)13-18-15-26(19-7-5-4-6-8-19)24-22(18)17-9-11-20(28-3)12-10-17/h4-12,15-16H,13-14,23H2,1-3H3. The number of likely N-dealkylation sites (N-methyl/N-ethyl adjacent to an activating group) is 1. The van der Waals surface area contributed by atoms with Crippen molar-refractivity contribution in [2.45, 2.75) is 19.4 Å². The molecule has 3 aromatic rings. The van der Waals surface area contributed by atoms with Crippen LogP contribution in [-0.2, 0) is 11.2 Å². The second-order valence-corrected chi connectivity index (χ2v) is 6.78. The number of ether oxygens (including phenoxy) is 1. The van der Waals surface area contributed by atoms with E-state index in [0.717, 1.165) is 28.3 Å². The predicted molar refractivity (Wildman–Crippen MR) is 111 cm³/mol. The smallest absolute Gasteiger partial charge is 0.227 e. The molecule has 0 aliphatic rings. The van der Waals surface area contributed by atoms with Gasteiger partial charge in [-0.2, -0.15) is 5.10 Å². The van der Waals surface area contributed by atoms with E-state index in [0.29, 0.717) is 6.54 Å². The fraction of sp³-hybridized carbons (Fsp3) is 0.273. The molecular formula is C22H26N4O2. The third kappa shape index (κ3) is 4.23. The van der Waals surface area contributed by atoms with Gasteiger partial charge in [0.1, 0.15) is 5.75 Å². The van der Waals surface area contributed by atoms with Crippen molar-refractivity contribution in [2.75, 3.05) is 20.7 Å². The molecule has 3 rings (SSSR count). The van der Waals surface area contributed by atoms with Crippen LogP contribution in [0.5, 0.6) is 5.75 Å². The number of para-hydroxylation sites is 1. The van der Waals surface area contributed by atoms with Gasteiger partial charge in [0.15, 0.2) is 0 Å². The molecule has 1 unspecified atom stereocenters. The van der Waals surface area contributed by atoms with Gasteiger partial charge in [-0.1, -0.05) is 18.2 Å². The first-order valence-electron chi connectivity index (χ1n) is 9.27. The summed E-state index contributed by atoms with van der Waals surface area (Å²) in [6.45, 7) is 2.37. The molecule has 2 aromatic carbocycles. The molecule has 1 heterocycles. The minimum absolute atomic E-state index is 0.0129. The van der Waals surface area contributed by atoms with Gasteiger partial charge in [0, 0.05) is 37.0 Å². The molecule has 1 amide bonds. The van der Waals surface area contributed by atoms with E-state index in [4.69, 9.17) is 15.6 Å². The Hall–Kier alpha value is -3.12. The van der Waals surface area contributed by atoms with E-state index < -0.39 is 0 Å². The molecular weight excluding hydrogens is 352 g/mol. The Morgan fingerprint density at radius 1 is 1.18 bits per heavy atom. The summed E-state index contributed by atoms with van der Waals surface area (Å²) in [5.74, 6) is 0.792. The van der Waals surface area contributed by atoms with Crippen molar-refractivity contribution in [2.24, 2.45) is 5.73 Å². The molecule has 0 bridgehead atoms. The van der Waals surface area contributed by atoms with Gasteiger partial charge in [-0.15, -0.1) is 0 Å². The SMILES string of the molecule is COc1ccc(-c2nn(-c3ccccc3)cc2CC(=O)N(C)C(C)CN)cc1. The Labute approximate surface area is 165 Å². The first-order valence-corrected chi connectivity index (χ1v) is 9.27. The Morgan fingerprint density at radius 2 is 1.86 bits per heavy atom. The number of rotatable bonds is 7. The van der Waals surface area contributed by atoms with Gasteiger partial charge in [-0.25, -0.2) is 4.68 Å². The minimum Gasteiger partial charge on any atom is -0.497 e. The average Bonchev–Trinajstić information content (AvgIpc) is 3.17. The lowest BCUT2D eigenvalue weighted by Gasteiger charge is -2.23. The van der Waals surface area contributed by atoms with Crippen LogP contribution in [0.1, 0.15) is 12.5 Å². The number of benzene rings is 2. The van der Waals surface area contributed by atoms with Crippen LogP contribution in [0.2, 0.25) is 0 Å². The maximum atomic E-state index is 12.8. The molecule has 1 atom stereocenters. The summed E-state index contributed by atoms with van der Waals surface area (Å²) in [5, 5.41) is 4.76. The number of carbonyl (C=O) groups excluding carboxylic acids is 1. The second-order valence-electron chi connectivity index (χ2n) is 6.78. The highest BCUT2D eigenvalue weighted by atomic mass is 16.5. The van der Waals surface area contributed by atoms with Crippen molar-refractivity contribution < 1.29 is 9.53 Å². The topological polar surface area (TPSA) is 73.4 Å². The number of hydrogen-bond acceptors (Lipinski definition) is 4. The summed E-state index contributed by atoms with van der Waals surface area (Å²) in [4.78, 5) is 14.4. The molecule has 0 saturated heterocycles. The largest absolute Gasteiger partial charge is 0.497 e. The fourth-order valence-electron chi connectivity index (χ4n) is 2.94. The lowest BCUT2D eigenvalue weighted by atomic mass is 10.1. The summed E-state index contributed by atoms with van der Waals surface area (Å²) in [7, 11) is 3.42. The van der Waals surface area contributed by atoms with E-state index in [1.807, 2.05) is 72.4 Å². The maximum Gasteiger partial charge on any atom is 0.227 e. The number of nitrogens with zero attached hydrogens (tertiary/aromatic N) is 3. The van der Waals surface area contributed by atoms with Crippen LogP contribution >= 0.6 is 0 Å². The third-order valence-corrected chi connectivity index (χ3v) is 4.91. The number of methoxy groups -OCH3 is 1. The molecule has 1 aromatic heterocycles. The summed E-state index contributed by atoms with van der Waals surface area (Å²) in [6.07, 6.45) is 2.18. The number of aromatic nitrogens is 2. The summed E-state index contributed by atoms with van der Waals surface area (Å²) in [6, 6.07) is 17.5. The van der Waals surface area contributed by atoms with Gasteiger partial charge in [-0.05, 0) is 43.3 Å². The second kappa shape index (κ2) is 8.71. The van der Waals surface area contributed by atoms with Gasteiger partial charge < -0.3 is 15.4 Å². The van der Waals surface area contributed by atoms with E-state index in [2.05, 4.69) is 0 Å². The van der Waals surface area contributed by atoms with Crippen molar-refractivity contribution >= 4 is 5.91 Å². The quantitative estimate of drug-likeness (QED) is 0.686. The molecule has 146 valence electrons. The van der Waals surface area contributed by atoms with Crippen molar-refractivity contribution in [1.29, 1.82) is 0 Å². The number of nitrogens with two attached hydrogens (primary N) is 1. The van der Waals surface area contributed by atoms with Crippen LogP contribution in [0, 0.1) is 0 Å². The lowest BCUT2D eigenvalue weighted by molar-refractivity contribution is -0.130. The normalized spacial score (nSPS) is 11.9. The van der Waals surface area contributed by atoms with Crippen molar-refractivity contribution in [3.63, 3.8) is 0 Å². The number of hydrogen-bond donors (Lipinski definition) is 1. The Balaban J connectivity index is 1.98. The first-order chi connectivity index (χ1) is 13.5. The van der Waals surface area contributed by atoms with Gasteiger partial charge in [-0.3, -0.25) is 4.79 Å². The van der Waals surface area contributed by atoms with Gasteiger partial charge >= 0.3 is 0 Å². The fourth-order valence-corrected chi connectivity index (χ4v) is 2.94. The zero-order valence-corrected chi connectivity index (χ0v) is 16.5. The molecule has 0 aliphatic carbocycles. The van der Waals surface area contributed by atoms with E-state index in [9.17, 15) is 4.79 Å². The molecule has 2 N–H and O–H groups in total. The summed E-state index contributed by atoms with van der Waals surface area (Å²) < 4.78 is 7.06. The molecule has 28 heavy (non-hydrogen) atoms. The summed E-state index contributed by atoms with van der Waals surface area (Å²) in [5.41, 5.74) is 9.25. The van der Waals surface area contributed by atoms with Crippen LogP contribution in [0.3, 0.4) is 0 Å². The third-order valence-electron chi connectivity index (χ3n) is 4.91. The highest BCUT2D eigenvalue weighted by Crippen LogP contribution is 2.26. The Morgan fingerprint density at radius 3 is 2.46 bits per heavy atom. The summed E-state index contributed by atoms with van der Waals surface area (Å²) >= 11 is 0. The molecule has 0 radical (unpaired) electrons. The number of amides is 1. The average molecular weight is 378 g/mol. The zero-order valence-electron chi connectivity index (χ0n) is 16.5. The van der Waals surface area contributed by atoms with Gasteiger partial charge in [0.25, 0.3) is 0 Å². The lowest BCUT2D eigenvalue weighted by Crippen LogP contribution is -2.40. The van der Waals surface area contributed by atoms with Crippen LogP contribution in [0.25, 0.3) is 16.9 Å². The van der Waals surface area contributed by atoms with Crippen LogP contribution in [0.4, 0.5) is 0 Å². The highest BCUT2D eigenvalue weighted by Gasteiger charge is 2.20. The molecule has 0 saturated carbocycles. The van der Waals surface area contributed by atoms with Crippen molar-refractivity contribution in [3.05, 3.63) is 66.4 Å². The van der Waals surface area contributed by atoms with Crippen molar-refractivity contribution in [3.8, 4) is 22.7 Å². The highest BCUT2D eigenvalue weighted by molar-refractivity contribution is 5.81. The van der Waals surface area contributed by atoms with Crippen molar-refractivity contribution in [1.82, 2.24) is 14.7 Å². The Bertz CT molecular complexity index is 919. The van der Waals surface area contributed by atoms with E-state index in [1.54, 1.807) is 19.1 Å². The van der Waals surface area contributed by atoms with E-state index in [1.165, 1.54) is 0 Å². The molecule has 0 aliphatic heterocycles. The van der Waals surface area contributed by atoms with Crippen LogP contribution in [-0.4, -0.2) is 47.3 Å². The van der Waals surface area contributed by atoms with Gasteiger partial charge in [0.05, 0.1) is 24.9 Å². The van der Waals surface area contributed by atoms with Gasteiger partial charge in [0.2, 0.25) is 5.91 Å². The monoisotopic (exact) mass is 378 g/mol. The maximum absolute atomic E-state index is 12.8. The molecule has 6 nitrogen and oxygen atoms in total.